The minimum absolute atomic E-state index is 0.0996. The van der Waals surface area contributed by atoms with Gasteiger partial charge in [0.15, 0.2) is 11.6 Å². The molecule has 15 heavy (non-hydrogen) atoms. The van der Waals surface area contributed by atoms with E-state index in [0.717, 1.165) is 25.1 Å². The van der Waals surface area contributed by atoms with Gasteiger partial charge in [-0.2, -0.15) is 4.98 Å². The summed E-state index contributed by atoms with van der Waals surface area (Å²) in [5.41, 5.74) is 5.37. The van der Waals surface area contributed by atoms with Gasteiger partial charge < -0.3 is 11.1 Å². The number of anilines is 2. The lowest BCUT2D eigenvalue weighted by Crippen LogP contribution is -2.16. The molecule has 0 bridgehead atoms. The van der Waals surface area contributed by atoms with Crippen LogP contribution in [0.2, 0.25) is 0 Å². The van der Waals surface area contributed by atoms with Gasteiger partial charge >= 0.3 is 0 Å². The Kier molecular flexibility index (Phi) is 2.99. The fraction of sp³-hybridized carbons (Fsp3) is 0.600. The summed E-state index contributed by atoms with van der Waals surface area (Å²) in [7, 11) is 0. The van der Waals surface area contributed by atoms with E-state index in [4.69, 9.17) is 5.73 Å². The molecule has 1 aliphatic carbocycles. The summed E-state index contributed by atoms with van der Waals surface area (Å²) in [5, 5.41) is 2.95. The molecule has 4 nitrogen and oxygen atoms in total. The summed E-state index contributed by atoms with van der Waals surface area (Å²) < 4.78 is 13.1. The average molecular weight is 210 g/mol. The van der Waals surface area contributed by atoms with Crippen molar-refractivity contribution in [3.05, 3.63) is 12.0 Å². The molecular weight excluding hydrogens is 195 g/mol. The van der Waals surface area contributed by atoms with Gasteiger partial charge in [0, 0.05) is 6.54 Å². The second kappa shape index (κ2) is 4.42. The Morgan fingerprint density at radius 3 is 3.00 bits per heavy atom. The maximum Gasteiger partial charge on any atom is 0.222 e. The number of nitrogens with two attached hydrogens (primary N) is 1. The normalized spacial score (nSPS) is 16.1. The van der Waals surface area contributed by atoms with E-state index in [0.29, 0.717) is 0 Å². The lowest BCUT2D eigenvalue weighted by molar-refractivity contribution is 0.302. The molecule has 0 atom stereocenters. The number of aromatic nitrogens is 2. The largest absolute Gasteiger partial charge is 0.368 e. The van der Waals surface area contributed by atoms with Gasteiger partial charge in [-0.3, -0.25) is 0 Å². The highest BCUT2D eigenvalue weighted by Gasteiger charge is 2.16. The molecule has 82 valence electrons. The van der Waals surface area contributed by atoms with Crippen molar-refractivity contribution in [3.8, 4) is 0 Å². The molecule has 2 rings (SSSR count). The maximum absolute atomic E-state index is 13.1. The molecule has 0 spiro atoms. The number of nitrogen functional groups attached to an aromatic ring is 1. The summed E-state index contributed by atoms with van der Waals surface area (Å²) in [6, 6.07) is 0. The Morgan fingerprint density at radius 1 is 1.53 bits per heavy atom. The molecule has 5 heteroatoms. The lowest BCUT2D eigenvalue weighted by atomic mass is 9.83. The average Bonchev–Trinajstić information content (AvgIpc) is 2.15. The molecule has 0 saturated heterocycles. The molecule has 0 unspecified atom stereocenters. The molecule has 1 aromatic heterocycles. The van der Waals surface area contributed by atoms with Crippen LogP contribution in [0.4, 0.5) is 16.2 Å². The molecule has 0 aliphatic heterocycles. The van der Waals surface area contributed by atoms with E-state index >= 15 is 0 Å². The van der Waals surface area contributed by atoms with Crippen molar-refractivity contribution >= 4 is 11.8 Å². The third kappa shape index (κ3) is 2.55. The van der Waals surface area contributed by atoms with Crippen molar-refractivity contribution in [2.45, 2.75) is 25.7 Å². The Balaban J connectivity index is 1.83. The number of hydrogen-bond donors (Lipinski definition) is 2. The van der Waals surface area contributed by atoms with Crippen molar-refractivity contribution < 1.29 is 4.39 Å². The van der Waals surface area contributed by atoms with Crippen LogP contribution in [0.1, 0.15) is 25.7 Å². The predicted octanol–water partition coefficient (Wildman–Crippen LogP) is 1.80. The number of nitrogens with one attached hydrogen (secondary N) is 1. The maximum atomic E-state index is 13.1. The van der Waals surface area contributed by atoms with E-state index in [1.807, 2.05) is 0 Å². The van der Waals surface area contributed by atoms with Crippen LogP contribution < -0.4 is 11.1 Å². The zero-order chi connectivity index (χ0) is 10.7. The van der Waals surface area contributed by atoms with Gasteiger partial charge in [0.1, 0.15) is 0 Å². The van der Waals surface area contributed by atoms with Gasteiger partial charge in [0.25, 0.3) is 0 Å². The van der Waals surface area contributed by atoms with E-state index in [1.54, 1.807) is 0 Å². The second-order valence-electron chi connectivity index (χ2n) is 3.94. The summed E-state index contributed by atoms with van der Waals surface area (Å²) in [6.45, 7) is 0.748. The van der Waals surface area contributed by atoms with Crippen LogP contribution in [0.25, 0.3) is 0 Å². The van der Waals surface area contributed by atoms with E-state index in [9.17, 15) is 4.39 Å². The van der Waals surface area contributed by atoms with Gasteiger partial charge in [-0.05, 0) is 12.3 Å². The molecule has 1 heterocycles. The van der Waals surface area contributed by atoms with Crippen LogP contribution in [-0.2, 0) is 0 Å². The van der Waals surface area contributed by atoms with Gasteiger partial charge in [0.2, 0.25) is 5.95 Å². The van der Waals surface area contributed by atoms with Gasteiger partial charge in [-0.15, -0.1) is 0 Å². The smallest absolute Gasteiger partial charge is 0.222 e. The summed E-state index contributed by atoms with van der Waals surface area (Å²) in [6.07, 6.45) is 6.10. The first kappa shape index (κ1) is 10.1. The quantitative estimate of drug-likeness (QED) is 0.795. The molecule has 1 fully saturated rings. The summed E-state index contributed by atoms with van der Waals surface area (Å²) in [4.78, 5) is 7.36. The lowest BCUT2D eigenvalue weighted by Gasteiger charge is -2.25. The molecule has 0 amide bonds. The molecule has 0 radical (unpaired) electrons. The minimum Gasteiger partial charge on any atom is -0.368 e. The van der Waals surface area contributed by atoms with E-state index < -0.39 is 5.82 Å². The number of halogens is 1. The molecule has 1 saturated carbocycles. The molecule has 1 aromatic rings. The van der Waals surface area contributed by atoms with Crippen molar-refractivity contribution in [3.63, 3.8) is 0 Å². The van der Waals surface area contributed by atoms with Crippen molar-refractivity contribution in [1.29, 1.82) is 0 Å². The standard InChI is InChI=1S/C10H15FN4/c11-8-6-14-10(12)15-9(8)13-5-4-7-2-1-3-7/h6-7H,1-5H2,(H3,12,13,14,15). The van der Waals surface area contributed by atoms with Crippen LogP contribution in [-0.4, -0.2) is 16.5 Å². The van der Waals surface area contributed by atoms with Crippen LogP contribution in [0, 0.1) is 11.7 Å². The van der Waals surface area contributed by atoms with Crippen LogP contribution >= 0.6 is 0 Å². The van der Waals surface area contributed by atoms with Crippen molar-refractivity contribution in [1.82, 2.24) is 9.97 Å². The Bertz CT molecular complexity index is 338. The van der Waals surface area contributed by atoms with E-state index in [1.165, 1.54) is 19.3 Å². The van der Waals surface area contributed by atoms with Crippen LogP contribution in [0.15, 0.2) is 6.20 Å². The molecular formula is C10H15FN4. The van der Waals surface area contributed by atoms with Gasteiger partial charge in [-0.1, -0.05) is 19.3 Å². The first-order chi connectivity index (χ1) is 7.25. The first-order valence-electron chi connectivity index (χ1n) is 5.27. The first-order valence-corrected chi connectivity index (χ1v) is 5.27. The summed E-state index contributed by atoms with van der Waals surface area (Å²) >= 11 is 0. The highest BCUT2D eigenvalue weighted by Crippen LogP contribution is 2.29. The summed E-state index contributed by atoms with van der Waals surface area (Å²) in [5.74, 6) is 0.668. The van der Waals surface area contributed by atoms with E-state index in [2.05, 4.69) is 15.3 Å². The third-order valence-corrected chi connectivity index (χ3v) is 2.83. The highest BCUT2D eigenvalue weighted by atomic mass is 19.1. The molecule has 0 aromatic carbocycles. The van der Waals surface area contributed by atoms with Crippen LogP contribution in [0.3, 0.4) is 0 Å². The fourth-order valence-corrected chi connectivity index (χ4v) is 1.68. The molecule has 3 N–H and O–H groups in total. The zero-order valence-corrected chi connectivity index (χ0v) is 8.54. The number of nitrogens with zero attached hydrogens (tertiary/aromatic N) is 2. The fourth-order valence-electron chi connectivity index (χ4n) is 1.68. The topological polar surface area (TPSA) is 63.8 Å². The minimum atomic E-state index is -0.446. The molecule has 1 aliphatic rings. The SMILES string of the molecule is Nc1ncc(F)c(NCCC2CCC2)n1. The Labute approximate surface area is 88.1 Å². The van der Waals surface area contributed by atoms with Gasteiger partial charge in [-0.25, -0.2) is 9.37 Å². The number of hydrogen-bond acceptors (Lipinski definition) is 4. The zero-order valence-electron chi connectivity index (χ0n) is 8.54. The van der Waals surface area contributed by atoms with Gasteiger partial charge in [0.05, 0.1) is 6.20 Å². The third-order valence-electron chi connectivity index (χ3n) is 2.83. The van der Waals surface area contributed by atoms with Crippen molar-refractivity contribution in [2.24, 2.45) is 5.92 Å². The number of rotatable bonds is 4. The predicted molar refractivity (Wildman–Crippen MR) is 56.9 cm³/mol. The second-order valence-corrected chi connectivity index (χ2v) is 3.94. The van der Waals surface area contributed by atoms with Crippen molar-refractivity contribution in [2.75, 3.05) is 17.6 Å². The highest BCUT2D eigenvalue weighted by molar-refractivity contribution is 5.38. The van der Waals surface area contributed by atoms with E-state index in [-0.39, 0.29) is 11.8 Å². The Morgan fingerprint density at radius 2 is 2.33 bits per heavy atom. The monoisotopic (exact) mass is 210 g/mol. The van der Waals surface area contributed by atoms with Crippen LogP contribution in [0.5, 0.6) is 0 Å². The Hall–Kier alpha value is -1.39.